The fourth-order valence-electron chi connectivity index (χ4n) is 2.14. The Morgan fingerprint density at radius 3 is 1.96 bits per heavy atom. The number of nitrogens with one attached hydrogen (secondary N) is 1. The van der Waals surface area contributed by atoms with Crippen LogP contribution in [0.4, 0.5) is 11.4 Å². The zero-order chi connectivity index (χ0) is 20.0. The SMILES string of the molecule is CCC(C)[C@@H](NC(=O)c1cc([N+](=O)[O-])cc([N+](=O)[O-])c1)C(=O)OC(C)C. The predicted octanol–water partition coefficient (Wildman–Crippen LogP) is 2.60. The third-order valence-corrected chi connectivity index (χ3v) is 3.69. The van der Waals surface area contributed by atoms with E-state index >= 15 is 0 Å². The van der Waals surface area contributed by atoms with Crippen molar-refractivity contribution in [2.24, 2.45) is 5.92 Å². The molecule has 0 aliphatic heterocycles. The van der Waals surface area contributed by atoms with Gasteiger partial charge in [-0.15, -0.1) is 0 Å². The van der Waals surface area contributed by atoms with Gasteiger partial charge in [-0.25, -0.2) is 4.79 Å². The van der Waals surface area contributed by atoms with Crippen LogP contribution < -0.4 is 5.32 Å². The molecule has 1 N–H and O–H groups in total. The first-order valence-corrected chi connectivity index (χ1v) is 8.02. The Balaban J connectivity index is 3.18. The first-order valence-electron chi connectivity index (χ1n) is 8.02. The summed E-state index contributed by atoms with van der Waals surface area (Å²) < 4.78 is 5.13. The molecule has 0 fully saturated rings. The Hall–Kier alpha value is -3.04. The largest absolute Gasteiger partial charge is 0.461 e. The summed E-state index contributed by atoms with van der Waals surface area (Å²) in [4.78, 5) is 44.9. The molecule has 0 heterocycles. The highest BCUT2D eigenvalue weighted by molar-refractivity contribution is 5.98. The molecule has 0 aromatic heterocycles. The van der Waals surface area contributed by atoms with Crippen molar-refractivity contribution in [1.29, 1.82) is 0 Å². The standard InChI is InChI=1S/C16H21N3O7/c1-5-10(4)14(16(21)26-9(2)3)17-15(20)11-6-12(18(22)23)8-13(7-11)19(24)25/h6-10,14H,5H2,1-4H3,(H,17,20)/t10?,14-/m1/s1. The van der Waals surface area contributed by atoms with E-state index in [2.05, 4.69) is 5.32 Å². The highest BCUT2D eigenvalue weighted by atomic mass is 16.6. The van der Waals surface area contributed by atoms with Gasteiger partial charge in [-0.1, -0.05) is 20.3 Å². The van der Waals surface area contributed by atoms with Crippen LogP contribution in [0.2, 0.25) is 0 Å². The molecule has 2 atom stereocenters. The highest BCUT2D eigenvalue weighted by Crippen LogP contribution is 2.23. The Kier molecular flexibility index (Phi) is 7.17. The second-order valence-corrected chi connectivity index (χ2v) is 6.07. The maximum atomic E-state index is 12.5. The Morgan fingerprint density at radius 2 is 1.58 bits per heavy atom. The van der Waals surface area contributed by atoms with Crippen LogP contribution in [-0.4, -0.2) is 33.9 Å². The van der Waals surface area contributed by atoms with Crippen LogP contribution in [0, 0.1) is 26.1 Å². The van der Waals surface area contributed by atoms with Crippen molar-refractivity contribution in [2.45, 2.75) is 46.3 Å². The summed E-state index contributed by atoms with van der Waals surface area (Å²) in [5.41, 5.74) is -1.46. The molecule has 0 bridgehead atoms. The molecule has 1 rings (SSSR count). The van der Waals surface area contributed by atoms with Gasteiger partial charge in [0, 0.05) is 12.1 Å². The number of benzene rings is 1. The first kappa shape index (κ1) is 21.0. The van der Waals surface area contributed by atoms with Crippen molar-refractivity contribution >= 4 is 23.3 Å². The zero-order valence-electron chi connectivity index (χ0n) is 14.9. The highest BCUT2D eigenvalue weighted by Gasteiger charge is 2.29. The third kappa shape index (κ3) is 5.50. The molecule has 0 spiro atoms. The maximum absolute atomic E-state index is 12.5. The fraction of sp³-hybridized carbons (Fsp3) is 0.500. The van der Waals surface area contributed by atoms with Crippen LogP contribution in [0.1, 0.15) is 44.5 Å². The number of nitrogens with zero attached hydrogens (tertiary/aromatic N) is 2. The minimum Gasteiger partial charge on any atom is -0.461 e. The van der Waals surface area contributed by atoms with Gasteiger partial charge in [-0.2, -0.15) is 0 Å². The maximum Gasteiger partial charge on any atom is 0.329 e. The molecule has 1 amide bonds. The normalized spacial score (nSPS) is 13.0. The Morgan fingerprint density at radius 1 is 1.08 bits per heavy atom. The van der Waals surface area contributed by atoms with E-state index in [0.717, 1.165) is 18.2 Å². The lowest BCUT2D eigenvalue weighted by Crippen LogP contribution is -2.46. The molecule has 26 heavy (non-hydrogen) atoms. The fourth-order valence-corrected chi connectivity index (χ4v) is 2.14. The van der Waals surface area contributed by atoms with E-state index in [9.17, 15) is 29.8 Å². The lowest BCUT2D eigenvalue weighted by atomic mass is 9.98. The van der Waals surface area contributed by atoms with Gasteiger partial charge in [0.25, 0.3) is 17.3 Å². The number of hydrogen-bond acceptors (Lipinski definition) is 7. The van der Waals surface area contributed by atoms with Crippen LogP contribution in [-0.2, 0) is 9.53 Å². The van der Waals surface area contributed by atoms with Crippen molar-refractivity contribution in [1.82, 2.24) is 5.32 Å². The monoisotopic (exact) mass is 367 g/mol. The number of carbonyl (C=O) groups excluding carboxylic acids is 2. The van der Waals surface area contributed by atoms with E-state index in [1.165, 1.54) is 0 Å². The van der Waals surface area contributed by atoms with Crippen LogP contribution in [0.15, 0.2) is 18.2 Å². The minimum atomic E-state index is -0.979. The first-order chi connectivity index (χ1) is 12.1. The van der Waals surface area contributed by atoms with Crippen LogP contribution in [0.3, 0.4) is 0 Å². The molecule has 0 saturated carbocycles. The molecular weight excluding hydrogens is 346 g/mol. The summed E-state index contributed by atoms with van der Waals surface area (Å²) in [6, 6.07) is 1.62. The molecule has 1 unspecified atom stereocenters. The molecule has 142 valence electrons. The molecule has 0 aliphatic carbocycles. The van der Waals surface area contributed by atoms with Gasteiger partial charge >= 0.3 is 5.97 Å². The van der Waals surface area contributed by atoms with E-state index in [1.54, 1.807) is 20.8 Å². The molecule has 0 aliphatic rings. The third-order valence-electron chi connectivity index (χ3n) is 3.69. The molecule has 10 nitrogen and oxygen atoms in total. The van der Waals surface area contributed by atoms with Crippen LogP contribution in [0.25, 0.3) is 0 Å². The minimum absolute atomic E-state index is 0.265. The number of rotatable bonds is 8. The van der Waals surface area contributed by atoms with Gasteiger partial charge < -0.3 is 10.1 Å². The number of ether oxygens (including phenoxy) is 1. The molecule has 1 aromatic rings. The van der Waals surface area contributed by atoms with Crippen molar-refractivity contribution in [3.63, 3.8) is 0 Å². The van der Waals surface area contributed by atoms with Crippen molar-refractivity contribution in [3.05, 3.63) is 44.0 Å². The smallest absolute Gasteiger partial charge is 0.329 e. The number of nitro benzene ring substituents is 2. The molecule has 1 aromatic carbocycles. The summed E-state index contributed by atoms with van der Waals surface area (Å²) in [6.07, 6.45) is 0.178. The number of amides is 1. The van der Waals surface area contributed by atoms with Gasteiger partial charge in [0.15, 0.2) is 0 Å². The Bertz CT molecular complexity index is 686. The average molecular weight is 367 g/mol. The lowest BCUT2D eigenvalue weighted by molar-refractivity contribution is -0.394. The summed E-state index contributed by atoms with van der Waals surface area (Å²) in [7, 11) is 0. The quantitative estimate of drug-likeness (QED) is 0.423. The Labute approximate surface area is 149 Å². The second kappa shape index (κ2) is 8.88. The van der Waals surface area contributed by atoms with Crippen molar-refractivity contribution in [3.8, 4) is 0 Å². The van der Waals surface area contributed by atoms with Gasteiger partial charge in [0.1, 0.15) is 6.04 Å². The van der Waals surface area contributed by atoms with E-state index in [4.69, 9.17) is 4.74 Å². The van der Waals surface area contributed by atoms with Gasteiger partial charge in [0.05, 0.1) is 27.6 Å². The number of carbonyl (C=O) groups is 2. The molecular formula is C16H21N3O7. The van der Waals surface area contributed by atoms with Crippen LogP contribution >= 0.6 is 0 Å². The predicted molar refractivity (Wildman–Crippen MR) is 91.7 cm³/mol. The molecule has 0 radical (unpaired) electrons. The van der Waals surface area contributed by atoms with Gasteiger partial charge in [0.2, 0.25) is 0 Å². The van der Waals surface area contributed by atoms with E-state index in [-0.39, 0.29) is 17.6 Å². The summed E-state index contributed by atoms with van der Waals surface area (Å²) in [5.74, 6) is -1.73. The summed E-state index contributed by atoms with van der Waals surface area (Å²) >= 11 is 0. The number of hydrogen-bond donors (Lipinski definition) is 1. The zero-order valence-corrected chi connectivity index (χ0v) is 14.9. The number of nitro groups is 2. The van der Waals surface area contributed by atoms with Crippen LogP contribution in [0.5, 0.6) is 0 Å². The van der Waals surface area contributed by atoms with E-state index in [0.29, 0.717) is 6.42 Å². The second-order valence-electron chi connectivity index (χ2n) is 6.07. The summed E-state index contributed by atoms with van der Waals surface area (Å²) in [6.45, 7) is 6.89. The number of non-ortho nitro benzene ring substituents is 2. The van der Waals surface area contributed by atoms with Crippen molar-refractivity contribution in [2.75, 3.05) is 0 Å². The molecule has 10 heteroatoms. The molecule has 0 saturated heterocycles. The van der Waals surface area contributed by atoms with Crippen molar-refractivity contribution < 1.29 is 24.2 Å². The van der Waals surface area contributed by atoms with E-state index in [1.807, 2.05) is 6.92 Å². The summed E-state index contributed by atoms with van der Waals surface area (Å²) in [5, 5.41) is 24.3. The lowest BCUT2D eigenvalue weighted by Gasteiger charge is -2.23. The van der Waals surface area contributed by atoms with Gasteiger partial charge in [-0.3, -0.25) is 25.0 Å². The average Bonchev–Trinajstić information content (AvgIpc) is 2.57. The van der Waals surface area contributed by atoms with E-state index < -0.39 is 39.1 Å². The topological polar surface area (TPSA) is 142 Å². The van der Waals surface area contributed by atoms with Gasteiger partial charge in [-0.05, 0) is 19.8 Å². The number of esters is 1.